The molecule has 162 valence electrons. The lowest BCUT2D eigenvalue weighted by Gasteiger charge is -2.26. The summed E-state index contributed by atoms with van der Waals surface area (Å²) in [5, 5.41) is 0. The molecule has 0 aliphatic heterocycles. The molecule has 0 saturated heterocycles. The Kier molecular flexibility index (Phi) is 6.30. The van der Waals surface area contributed by atoms with E-state index in [2.05, 4.69) is 23.8 Å². The van der Waals surface area contributed by atoms with Crippen molar-refractivity contribution >= 4 is 0 Å². The summed E-state index contributed by atoms with van der Waals surface area (Å²) in [6.07, 6.45) is 4.90. The number of hydrogen-bond acceptors (Lipinski definition) is 1. The van der Waals surface area contributed by atoms with Crippen molar-refractivity contribution in [3.8, 4) is 28.0 Å². The van der Waals surface area contributed by atoms with Crippen molar-refractivity contribution < 1.29 is 22.3 Å². The highest BCUT2D eigenvalue weighted by Crippen LogP contribution is 2.37. The fourth-order valence-corrected chi connectivity index (χ4v) is 4.38. The zero-order valence-corrected chi connectivity index (χ0v) is 17.3. The maximum atomic E-state index is 14.8. The molecule has 0 radical (unpaired) electrons. The minimum atomic E-state index is -1.35. The van der Waals surface area contributed by atoms with Crippen LogP contribution >= 0.6 is 0 Å². The lowest BCUT2D eigenvalue weighted by atomic mass is 9.79. The Morgan fingerprint density at radius 1 is 0.742 bits per heavy atom. The van der Waals surface area contributed by atoms with E-state index in [9.17, 15) is 17.6 Å². The Morgan fingerprint density at radius 3 is 1.90 bits per heavy atom. The predicted molar refractivity (Wildman–Crippen MR) is 114 cm³/mol. The van der Waals surface area contributed by atoms with E-state index in [0.717, 1.165) is 23.6 Å². The van der Waals surface area contributed by atoms with E-state index >= 15 is 0 Å². The normalized spacial score (nSPS) is 18.7. The fraction of sp³-hybridized carbons (Fsp3) is 0.308. The van der Waals surface area contributed by atoms with Gasteiger partial charge in [-0.3, -0.25) is 0 Å². The van der Waals surface area contributed by atoms with Gasteiger partial charge in [-0.1, -0.05) is 56.2 Å². The Labute approximate surface area is 179 Å². The highest BCUT2D eigenvalue weighted by molar-refractivity contribution is 5.71. The molecule has 1 aliphatic rings. The maximum absolute atomic E-state index is 14.8. The first-order chi connectivity index (χ1) is 15.0. The molecule has 1 nitrogen and oxygen atoms in total. The van der Waals surface area contributed by atoms with E-state index in [1.807, 2.05) is 12.1 Å². The summed E-state index contributed by atoms with van der Waals surface area (Å²) >= 11 is 0. The summed E-state index contributed by atoms with van der Waals surface area (Å²) in [7, 11) is 0. The zero-order valence-electron chi connectivity index (χ0n) is 17.3. The van der Waals surface area contributed by atoms with Crippen LogP contribution < -0.4 is 4.74 Å². The molecule has 4 rings (SSSR count). The number of hydrogen-bond donors (Lipinski definition) is 0. The van der Waals surface area contributed by atoms with Gasteiger partial charge in [0, 0.05) is 5.56 Å². The zero-order chi connectivity index (χ0) is 22.0. The van der Waals surface area contributed by atoms with Crippen molar-refractivity contribution in [3.63, 3.8) is 0 Å². The first kappa shape index (κ1) is 21.4. The second-order valence-electron chi connectivity index (χ2n) is 8.30. The van der Waals surface area contributed by atoms with E-state index in [-0.39, 0.29) is 11.1 Å². The minimum absolute atomic E-state index is 0.0205. The Hall–Kier alpha value is -2.82. The molecule has 31 heavy (non-hydrogen) atoms. The van der Waals surface area contributed by atoms with Crippen LogP contribution in [0.4, 0.5) is 17.6 Å². The largest absolute Gasteiger partial charge is 0.457 e. The fourth-order valence-electron chi connectivity index (χ4n) is 4.38. The molecular formula is C26H24F4O. The minimum Gasteiger partial charge on any atom is -0.457 e. The number of halogens is 4. The van der Waals surface area contributed by atoms with Crippen molar-refractivity contribution in [2.45, 2.75) is 38.5 Å². The van der Waals surface area contributed by atoms with Gasteiger partial charge in [0.05, 0.1) is 0 Å². The molecule has 0 amide bonds. The standard InChI is InChI=1S/C26H24F4O/c1-16-2-4-17(5-3-16)18-6-8-19(9-7-18)20-10-11-22(23(28)12-20)21-13-24(29)26(31-15-27)25(30)14-21/h6-14,16-17H,2-5,15H2,1H3. The van der Waals surface area contributed by atoms with E-state index in [1.54, 1.807) is 6.07 Å². The van der Waals surface area contributed by atoms with Gasteiger partial charge in [-0.2, -0.15) is 0 Å². The average Bonchev–Trinajstić information content (AvgIpc) is 2.77. The van der Waals surface area contributed by atoms with Gasteiger partial charge in [0.1, 0.15) is 5.82 Å². The molecule has 0 N–H and O–H groups in total. The second-order valence-corrected chi connectivity index (χ2v) is 8.30. The molecule has 0 spiro atoms. The molecule has 0 atom stereocenters. The molecule has 3 aromatic rings. The van der Waals surface area contributed by atoms with Crippen LogP contribution in [0.5, 0.6) is 5.75 Å². The summed E-state index contributed by atoms with van der Waals surface area (Å²) in [5.41, 5.74) is 2.95. The number of rotatable bonds is 5. The van der Waals surface area contributed by atoms with Crippen LogP contribution in [0.1, 0.15) is 44.1 Å². The van der Waals surface area contributed by atoms with E-state index in [0.29, 0.717) is 11.5 Å². The third kappa shape index (κ3) is 4.60. The smallest absolute Gasteiger partial charge is 0.228 e. The average molecular weight is 428 g/mol. The van der Waals surface area contributed by atoms with Crippen molar-refractivity contribution in [2.24, 2.45) is 5.92 Å². The van der Waals surface area contributed by atoms with Crippen LogP contribution in [-0.4, -0.2) is 6.86 Å². The molecule has 0 unspecified atom stereocenters. The first-order valence-corrected chi connectivity index (χ1v) is 10.5. The maximum Gasteiger partial charge on any atom is 0.228 e. The van der Waals surface area contributed by atoms with Gasteiger partial charge in [0.25, 0.3) is 0 Å². The monoisotopic (exact) mass is 428 g/mol. The second kappa shape index (κ2) is 9.13. The van der Waals surface area contributed by atoms with Gasteiger partial charge in [-0.25, -0.2) is 17.6 Å². The molecule has 0 heterocycles. The first-order valence-electron chi connectivity index (χ1n) is 10.5. The van der Waals surface area contributed by atoms with Crippen LogP contribution in [0.25, 0.3) is 22.3 Å². The van der Waals surface area contributed by atoms with Gasteiger partial charge in [-0.15, -0.1) is 0 Å². The van der Waals surface area contributed by atoms with Crippen molar-refractivity contribution in [3.05, 3.63) is 77.6 Å². The Balaban J connectivity index is 1.56. The van der Waals surface area contributed by atoms with Gasteiger partial charge >= 0.3 is 0 Å². The van der Waals surface area contributed by atoms with Crippen LogP contribution in [0.15, 0.2) is 54.6 Å². The van der Waals surface area contributed by atoms with Crippen molar-refractivity contribution in [2.75, 3.05) is 6.86 Å². The molecule has 5 heteroatoms. The summed E-state index contributed by atoms with van der Waals surface area (Å²) in [6, 6.07) is 14.6. The van der Waals surface area contributed by atoms with Crippen LogP contribution in [0.2, 0.25) is 0 Å². The molecule has 1 fully saturated rings. The van der Waals surface area contributed by atoms with E-state index in [4.69, 9.17) is 0 Å². The number of alkyl halides is 1. The SMILES string of the molecule is CC1CCC(c2ccc(-c3ccc(-c4cc(F)c(OCF)c(F)c4)c(F)c3)cc2)CC1. The van der Waals surface area contributed by atoms with Crippen LogP contribution in [0, 0.1) is 23.4 Å². The lowest BCUT2D eigenvalue weighted by molar-refractivity contribution is 0.176. The lowest BCUT2D eigenvalue weighted by Crippen LogP contribution is -2.10. The van der Waals surface area contributed by atoms with Gasteiger partial charge in [0.15, 0.2) is 17.4 Å². The summed E-state index contributed by atoms with van der Waals surface area (Å²) in [5.74, 6) is -2.19. The van der Waals surface area contributed by atoms with Gasteiger partial charge in [0.2, 0.25) is 6.86 Å². The van der Waals surface area contributed by atoms with E-state index in [1.165, 1.54) is 43.4 Å². The van der Waals surface area contributed by atoms with Crippen molar-refractivity contribution in [1.29, 1.82) is 0 Å². The van der Waals surface area contributed by atoms with Crippen LogP contribution in [0.3, 0.4) is 0 Å². The van der Waals surface area contributed by atoms with Crippen LogP contribution in [-0.2, 0) is 0 Å². The third-order valence-electron chi connectivity index (χ3n) is 6.21. The highest BCUT2D eigenvalue weighted by Gasteiger charge is 2.20. The summed E-state index contributed by atoms with van der Waals surface area (Å²) in [6.45, 7) is 0.946. The third-order valence-corrected chi connectivity index (χ3v) is 6.21. The number of benzene rings is 3. The summed E-state index contributed by atoms with van der Waals surface area (Å²) in [4.78, 5) is 0. The van der Waals surface area contributed by atoms with Gasteiger partial charge < -0.3 is 4.74 Å². The highest BCUT2D eigenvalue weighted by atomic mass is 19.1. The topological polar surface area (TPSA) is 9.23 Å². The molecular weight excluding hydrogens is 404 g/mol. The summed E-state index contributed by atoms with van der Waals surface area (Å²) < 4.78 is 59.4. The predicted octanol–water partition coefficient (Wildman–Crippen LogP) is 8.04. The van der Waals surface area contributed by atoms with Crippen molar-refractivity contribution in [1.82, 2.24) is 0 Å². The molecule has 0 bridgehead atoms. The Bertz CT molecular complexity index is 1030. The molecule has 1 saturated carbocycles. The Morgan fingerprint density at radius 2 is 1.32 bits per heavy atom. The molecule has 1 aliphatic carbocycles. The quantitative estimate of drug-likeness (QED) is 0.374. The van der Waals surface area contributed by atoms with E-state index < -0.39 is 30.1 Å². The van der Waals surface area contributed by atoms with Gasteiger partial charge in [-0.05, 0) is 65.1 Å². The molecule has 0 aromatic heterocycles. The number of ether oxygens (including phenoxy) is 1. The molecule has 3 aromatic carbocycles.